The summed E-state index contributed by atoms with van der Waals surface area (Å²) < 4.78 is 41.0. The van der Waals surface area contributed by atoms with Crippen molar-refractivity contribution in [1.29, 1.82) is 0 Å². The van der Waals surface area contributed by atoms with Gasteiger partial charge in [-0.05, 0) is 18.2 Å². The van der Waals surface area contributed by atoms with Crippen molar-refractivity contribution in [1.82, 2.24) is 0 Å². The SMILES string of the molecule is O=C(O)c1cc2ccc(NC(=O)C(F)(F)F)cc2o1. The number of halogens is 3. The average Bonchev–Trinajstić information content (AvgIpc) is 2.70. The molecule has 19 heavy (non-hydrogen) atoms. The summed E-state index contributed by atoms with van der Waals surface area (Å²) in [5, 5.41) is 10.7. The Morgan fingerprint density at radius 2 is 1.89 bits per heavy atom. The van der Waals surface area contributed by atoms with E-state index in [9.17, 15) is 22.8 Å². The Morgan fingerprint density at radius 1 is 1.21 bits per heavy atom. The van der Waals surface area contributed by atoms with Gasteiger partial charge in [-0.15, -0.1) is 0 Å². The molecule has 1 heterocycles. The van der Waals surface area contributed by atoms with E-state index in [1.165, 1.54) is 18.2 Å². The maximum Gasteiger partial charge on any atom is 0.471 e. The number of aromatic carboxylic acids is 1. The molecule has 0 bridgehead atoms. The maximum atomic E-state index is 12.0. The van der Waals surface area contributed by atoms with Crippen LogP contribution in [0, 0.1) is 0 Å². The first-order valence-corrected chi connectivity index (χ1v) is 4.92. The van der Waals surface area contributed by atoms with Crippen molar-refractivity contribution >= 4 is 28.5 Å². The van der Waals surface area contributed by atoms with Gasteiger partial charge >= 0.3 is 18.1 Å². The monoisotopic (exact) mass is 273 g/mol. The molecular weight excluding hydrogens is 267 g/mol. The van der Waals surface area contributed by atoms with E-state index in [-0.39, 0.29) is 17.0 Å². The van der Waals surface area contributed by atoms with Gasteiger partial charge in [0.25, 0.3) is 0 Å². The van der Waals surface area contributed by atoms with Gasteiger partial charge in [0.2, 0.25) is 5.76 Å². The number of alkyl halides is 3. The van der Waals surface area contributed by atoms with Crippen LogP contribution in [0.15, 0.2) is 28.7 Å². The number of benzene rings is 1. The maximum absolute atomic E-state index is 12.0. The van der Waals surface area contributed by atoms with Gasteiger partial charge in [-0.25, -0.2) is 4.79 Å². The topological polar surface area (TPSA) is 79.5 Å². The Kier molecular flexibility index (Phi) is 2.93. The van der Waals surface area contributed by atoms with E-state index >= 15 is 0 Å². The summed E-state index contributed by atoms with van der Waals surface area (Å²) in [4.78, 5) is 21.4. The summed E-state index contributed by atoms with van der Waals surface area (Å²) in [7, 11) is 0. The minimum absolute atomic E-state index is 0.0670. The first-order chi connectivity index (χ1) is 8.77. The van der Waals surface area contributed by atoms with Gasteiger partial charge in [-0.2, -0.15) is 13.2 Å². The molecule has 1 aromatic carbocycles. The fraction of sp³-hybridized carbons (Fsp3) is 0.0909. The van der Waals surface area contributed by atoms with Crippen LogP contribution in [-0.2, 0) is 4.79 Å². The third kappa shape index (κ3) is 2.67. The van der Waals surface area contributed by atoms with Crippen molar-refractivity contribution in [3.63, 3.8) is 0 Å². The molecule has 0 aliphatic rings. The summed E-state index contributed by atoms with van der Waals surface area (Å²) in [6.45, 7) is 0. The summed E-state index contributed by atoms with van der Waals surface area (Å²) in [6, 6.07) is 4.91. The van der Waals surface area contributed by atoms with Crippen LogP contribution in [0.4, 0.5) is 18.9 Å². The highest BCUT2D eigenvalue weighted by Crippen LogP contribution is 2.24. The number of anilines is 1. The third-order valence-electron chi connectivity index (χ3n) is 2.25. The number of fused-ring (bicyclic) bond motifs is 1. The largest absolute Gasteiger partial charge is 0.475 e. The zero-order valence-corrected chi connectivity index (χ0v) is 9.12. The molecule has 0 aliphatic carbocycles. The van der Waals surface area contributed by atoms with Crippen molar-refractivity contribution in [2.45, 2.75) is 6.18 Å². The second-order valence-corrected chi connectivity index (χ2v) is 3.62. The molecule has 2 N–H and O–H groups in total. The van der Waals surface area contributed by atoms with Crippen LogP contribution in [-0.4, -0.2) is 23.2 Å². The van der Waals surface area contributed by atoms with E-state index in [4.69, 9.17) is 9.52 Å². The Bertz CT molecular complexity index is 659. The quantitative estimate of drug-likeness (QED) is 0.881. The molecule has 8 heteroatoms. The number of carboxylic acids is 1. The molecule has 0 aliphatic heterocycles. The van der Waals surface area contributed by atoms with Crippen molar-refractivity contribution in [2.24, 2.45) is 0 Å². The second kappa shape index (κ2) is 4.30. The summed E-state index contributed by atoms with van der Waals surface area (Å²) in [5.74, 6) is -3.75. The van der Waals surface area contributed by atoms with Crippen LogP contribution in [0.1, 0.15) is 10.6 Å². The molecule has 0 saturated heterocycles. The lowest BCUT2D eigenvalue weighted by Crippen LogP contribution is -2.29. The molecule has 2 aromatic rings. The molecule has 0 spiro atoms. The number of hydrogen-bond donors (Lipinski definition) is 2. The molecule has 0 fully saturated rings. The van der Waals surface area contributed by atoms with Crippen molar-refractivity contribution in [3.05, 3.63) is 30.0 Å². The zero-order valence-electron chi connectivity index (χ0n) is 9.12. The minimum Gasteiger partial charge on any atom is -0.475 e. The number of carbonyl (C=O) groups excluding carboxylic acids is 1. The van der Waals surface area contributed by atoms with Crippen LogP contribution < -0.4 is 5.32 Å². The molecule has 0 radical (unpaired) electrons. The standard InChI is InChI=1S/C11H6F3NO4/c12-11(13,14)10(18)15-6-2-1-5-3-8(9(16)17)19-7(5)4-6/h1-4H,(H,15,18)(H,16,17). The predicted octanol–water partition coefficient (Wildman–Crippen LogP) is 2.63. The molecular formula is C11H6F3NO4. The molecule has 0 atom stereocenters. The summed E-state index contributed by atoms with van der Waals surface area (Å²) in [5.41, 5.74) is -0.0708. The van der Waals surface area contributed by atoms with Gasteiger partial charge in [0.15, 0.2) is 0 Å². The summed E-state index contributed by atoms with van der Waals surface area (Å²) in [6.07, 6.45) is -5.00. The van der Waals surface area contributed by atoms with Crippen LogP contribution >= 0.6 is 0 Å². The first kappa shape index (κ1) is 12.9. The number of amides is 1. The van der Waals surface area contributed by atoms with Crippen LogP contribution in [0.2, 0.25) is 0 Å². The van der Waals surface area contributed by atoms with Crippen LogP contribution in [0.5, 0.6) is 0 Å². The second-order valence-electron chi connectivity index (χ2n) is 3.62. The highest BCUT2D eigenvalue weighted by molar-refractivity contribution is 5.97. The molecule has 1 amide bonds. The van der Waals surface area contributed by atoms with Crippen molar-refractivity contribution in [3.8, 4) is 0 Å². The normalized spacial score (nSPS) is 11.5. The molecule has 1 aromatic heterocycles. The van der Waals surface area contributed by atoms with Gasteiger partial charge in [0.1, 0.15) is 5.58 Å². The molecule has 5 nitrogen and oxygen atoms in total. The number of furan rings is 1. The number of nitrogens with one attached hydrogen (secondary N) is 1. The van der Waals surface area contributed by atoms with Crippen molar-refractivity contribution < 1.29 is 32.3 Å². The number of carbonyl (C=O) groups is 2. The van der Waals surface area contributed by atoms with Gasteiger partial charge < -0.3 is 14.8 Å². The van der Waals surface area contributed by atoms with E-state index in [0.29, 0.717) is 5.39 Å². The van der Waals surface area contributed by atoms with Crippen molar-refractivity contribution in [2.75, 3.05) is 5.32 Å². The fourth-order valence-corrected chi connectivity index (χ4v) is 1.42. The first-order valence-electron chi connectivity index (χ1n) is 4.92. The Labute approximate surface area is 103 Å². The Hall–Kier alpha value is -2.51. The van der Waals surface area contributed by atoms with Gasteiger partial charge in [0.05, 0.1) is 0 Å². The van der Waals surface area contributed by atoms with Gasteiger partial charge in [-0.1, -0.05) is 0 Å². The predicted molar refractivity (Wildman–Crippen MR) is 57.9 cm³/mol. The van der Waals surface area contributed by atoms with Gasteiger partial charge in [-0.3, -0.25) is 4.79 Å². The van der Waals surface area contributed by atoms with E-state index < -0.39 is 18.1 Å². The highest BCUT2D eigenvalue weighted by atomic mass is 19.4. The lowest BCUT2D eigenvalue weighted by Gasteiger charge is -2.07. The minimum atomic E-state index is -5.00. The lowest BCUT2D eigenvalue weighted by atomic mass is 10.2. The summed E-state index contributed by atoms with van der Waals surface area (Å²) >= 11 is 0. The van der Waals surface area contributed by atoms with E-state index in [0.717, 1.165) is 6.07 Å². The molecule has 100 valence electrons. The third-order valence-corrected chi connectivity index (χ3v) is 2.25. The van der Waals surface area contributed by atoms with E-state index in [1.807, 2.05) is 0 Å². The molecule has 0 saturated carbocycles. The average molecular weight is 273 g/mol. The molecule has 2 rings (SSSR count). The van der Waals surface area contributed by atoms with Crippen LogP contribution in [0.25, 0.3) is 11.0 Å². The fourth-order valence-electron chi connectivity index (χ4n) is 1.42. The highest BCUT2D eigenvalue weighted by Gasteiger charge is 2.38. The number of rotatable bonds is 2. The van der Waals surface area contributed by atoms with E-state index in [2.05, 4.69) is 0 Å². The molecule has 0 unspecified atom stereocenters. The smallest absolute Gasteiger partial charge is 0.471 e. The van der Waals surface area contributed by atoms with Crippen LogP contribution in [0.3, 0.4) is 0 Å². The zero-order chi connectivity index (χ0) is 14.2. The van der Waals surface area contributed by atoms with E-state index in [1.54, 1.807) is 5.32 Å². The van der Waals surface area contributed by atoms with Gasteiger partial charge in [0, 0.05) is 17.1 Å². The number of hydrogen-bond acceptors (Lipinski definition) is 3. The Balaban J connectivity index is 2.31. The number of carboxylic acid groups (broad SMARTS) is 1. The lowest BCUT2D eigenvalue weighted by molar-refractivity contribution is -0.167. The Morgan fingerprint density at radius 3 is 2.47 bits per heavy atom.